The van der Waals surface area contributed by atoms with Crippen LogP contribution in [0, 0.1) is 0 Å². The van der Waals surface area contributed by atoms with Crippen LogP contribution in [0.1, 0.15) is 32.6 Å². The van der Waals surface area contributed by atoms with Crippen LogP contribution in [0.15, 0.2) is 9.98 Å². The average Bonchev–Trinajstić information content (AvgIpc) is 2.66. The van der Waals surface area contributed by atoms with E-state index in [0.717, 1.165) is 0 Å². The van der Waals surface area contributed by atoms with Crippen molar-refractivity contribution < 1.29 is 23.9 Å². The first-order valence-electron chi connectivity index (χ1n) is 9.29. The van der Waals surface area contributed by atoms with Crippen LogP contribution in [0.3, 0.4) is 0 Å². The molecule has 0 spiro atoms. The molecule has 0 aromatic heterocycles. The third kappa shape index (κ3) is 11.8. The molecule has 14 N–H and O–H groups in total. The van der Waals surface area contributed by atoms with Gasteiger partial charge in [-0.2, -0.15) is 0 Å². The summed E-state index contributed by atoms with van der Waals surface area (Å²) >= 11 is 0. The Morgan fingerprint density at radius 1 is 0.767 bits per heavy atom. The largest absolute Gasteiger partial charge is 0.459 e. The van der Waals surface area contributed by atoms with Crippen LogP contribution in [0.4, 0.5) is 0 Å². The molecule has 172 valence electrons. The van der Waals surface area contributed by atoms with Crippen LogP contribution < -0.4 is 40.1 Å². The second-order valence-electron chi connectivity index (χ2n) is 6.52. The van der Waals surface area contributed by atoms with Crippen LogP contribution >= 0.6 is 0 Å². The van der Waals surface area contributed by atoms with E-state index in [1.54, 1.807) is 0 Å². The van der Waals surface area contributed by atoms with Crippen molar-refractivity contribution in [1.82, 2.24) is 0 Å². The van der Waals surface area contributed by atoms with Crippen molar-refractivity contribution in [1.29, 1.82) is 0 Å². The van der Waals surface area contributed by atoms with Gasteiger partial charge < -0.3 is 49.6 Å². The molecule has 0 bridgehead atoms. The first-order valence-corrected chi connectivity index (χ1v) is 9.29. The SMILES string of the molecule is C[C@@H](OC(=O)[C@@H](N)CCCN=C(N)N)[C@H](N)C(=O)OC(=O)[C@@H](N)CCCN=C(N)N. The molecule has 0 unspecified atom stereocenters. The Morgan fingerprint density at radius 3 is 1.63 bits per heavy atom. The van der Waals surface area contributed by atoms with Crippen LogP contribution in [0.2, 0.25) is 0 Å². The fourth-order valence-corrected chi connectivity index (χ4v) is 2.05. The molecule has 0 aromatic rings. The third-order valence-corrected chi connectivity index (χ3v) is 3.82. The smallest absolute Gasteiger partial charge is 0.334 e. The molecule has 14 nitrogen and oxygen atoms in total. The molecule has 0 fully saturated rings. The number of hydrogen-bond acceptors (Lipinski definition) is 10. The standard InChI is InChI=1S/C16H33N9O5/c1-8(29-12(26)9(17)4-2-6-24-15(20)21)11(19)14(28)30-13(27)10(18)5-3-7-25-16(22)23/h8-11H,2-7,17-19H2,1H3,(H4,20,21,24)(H4,22,23,25)/t8-,9+,10+,11+/m1/s1. The van der Waals surface area contributed by atoms with Crippen molar-refractivity contribution >= 4 is 29.8 Å². The van der Waals surface area contributed by atoms with E-state index < -0.39 is 42.1 Å². The molecule has 0 heterocycles. The van der Waals surface area contributed by atoms with Gasteiger partial charge in [-0.1, -0.05) is 0 Å². The van der Waals surface area contributed by atoms with Gasteiger partial charge in [-0.25, -0.2) is 9.59 Å². The van der Waals surface area contributed by atoms with E-state index in [4.69, 9.17) is 44.9 Å². The normalized spacial score (nSPS) is 14.5. The predicted octanol–water partition coefficient (Wildman–Crippen LogP) is -3.92. The fourth-order valence-electron chi connectivity index (χ4n) is 2.05. The van der Waals surface area contributed by atoms with Gasteiger partial charge >= 0.3 is 17.9 Å². The van der Waals surface area contributed by atoms with E-state index in [-0.39, 0.29) is 31.3 Å². The van der Waals surface area contributed by atoms with E-state index in [9.17, 15) is 14.4 Å². The fraction of sp³-hybridized carbons (Fsp3) is 0.688. The maximum absolute atomic E-state index is 12.0. The molecule has 30 heavy (non-hydrogen) atoms. The van der Waals surface area contributed by atoms with E-state index in [2.05, 4.69) is 14.7 Å². The number of hydrogen-bond donors (Lipinski definition) is 7. The van der Waals surface area contributed by atoms with Crippen LogP contribution in [0.25, 0.3) is 0 Å². The maximum Gasteiger partial charge on any atom is 0.334 e. The van der Waals surface area contributed by atoms with Gasteiger partial charge in [0.2, 0.25) is 0 Å². The summed E-state index contributed by atoms with van der Waals surface area (Å²) in [6.07, 6.45) is 0.224. The summed E-state index contributed by atoms with van der Waals surface area (Å²) in [6, 6.07) is -3.42. The molecule has 0 amide bonds. The molecule has 0 aliphatic carbocycles. The van der Waals surface area contributed by atoms with Crippen molar-refractivity contribution in [3.05, 3.63) is 0 Å². The lowest BCUT2D eigenvalue weighted by Crippen LogP contribution is -2.47. The van der Waals surface area contributed by atoms with Gasteiger partial charge in [-0.15, -0.1) is 0 Å². The lowest BCUT2D eigenvalue weighted by Gasteiger charge is -2.21. The monoisotopic (exact) mass is 431 g/mol. The van der Waals surface area contributed by atoms with Gasteiger partial charge in [0.1, 0.15) is 24.2 Å². The van der Waals surface area contributed by atoms with Crippen LogP contribution in [-0.2, 0) is 23.9 Å². The van der Waals surface area contributed by atoms with Gasteiger partial charge in [0.25, 0.3) is 0 Å². The lowest BCUT2D eigenvalue weighted by molar-refractivity contribution is -0.165. The predicted molar refractivity (Wildman–Crippen MR) is 110 cm³/mol. The third-order valence-electron chi connectivity index (χ3n) is 3.82. The summed E-state index contributed by atoms with van der Waals surface area (Å²) in [5.41, 5.74) is 37.8. The molecule has 0 radical (unpaired) electrons. The number of rotatable bonds is 13. The quantitative estimate of drug-likeness (QED) is 0.0484. The zero-order valence-electron chi connectivity index (χ0n) is 17.0. The lowest BCUT2D eigenvalue weighted by atomic mass is 10.1. The Hall–Kier alpha value is -2.97. The Balaban J connectivity index is 4.40. The van der Waals surface area contributed by atoms with Crippen molar-refractivity contribution in [3.63, 3.8) is 0 Å². The zero-order valence-corrected chi connectivity index (χ0v) is 17.0. The highest BCUT2D eigenvalue weighted by atomic mass is 16.6. The van der Waals surface area contributed by atoms with Crippen LogP contribution in [-0.4, -0.2) is 67.1 Å². The summed E-state index contributed by atoms with van der Waals surface area (Å²) in [7, 11) is 0. The molecule has 0 aliphatic rings. The second-order valence-corrected chi connectivity index (χ2v) is 6.52. The van der Waals surface area contributed by atoms with Gasteiger partial charge in [0.05, 0.1) is 0 Å². The van der Waals surface area contributed by atoms with E-state index in [1.165, 1.54) is 6.92 Å². The molecule has 0 rings (SSSR count). The zero-order chi connectivity index (χ0) is 23.3. The minimum Gasteiger partial charge on any atom is -0.459 e. The van der Waals surface area contributed by atoms with Crippen LogP contribution in [0.5, 0.6) is 0 Å². The minimum absolute atomic E-state index is 0.0627. The molecular formula is C16H33N9O5. The van der Waals surface area contributed by atoms with Gasteiger partial charge in [0, 0.05) is 13.1 Å². The Bertz CT molecular complexity index is 633. The van der Waals surface area contributed by atoms with E-state index in [1.807, 2.05) is 0 Å². The highest BCUT2D eigenvalue weighted by Crippen LogP contribution is 2.06. The molecule has 0 aromatic carbocycles. The number of nitrogens with zero attached hydrogens (tertiary/aromatic N) is 2. The number of carbonyl (C=O) groups is 3. The van der Waals surface area contributed by atoms with Crippen molar-refractivity contribution in [2.24, 2.45) is 50.1 Å². The summed E-state index contributed by atoms with van der Waals surface area (Å²) < 4.78 is 9.70. The summed E-state index contributed by atoms with van der Waals surface area (Å²) in [4.78, 5) is 43.4. The van der Waals surface area contributed by atoms with Gasteiger partial charge in [-0.05, 0) is 32.6 Å². The maximum atomic E-state index is 12.0. The molecule has 14 heteroatoms. The molecule has 0 aliphatic heterocycles. The number of nitrogens with two attached hydrogens (primary N) is 7. The summed E-state index contributed by atoms with van der Waals surface area (Å²) in [6.45, 7) is 1.95. The minimum atomic E-state index is -1.40. The Kier molecular flexibility index (Phi) is 12.7. The summed E-state index contributed by atoms with van der Waals surface area (Å²) in [5.74, 6) is -2.95. The molecule has 0 saturated heterocycles. The Morgan fingerprint density at radius 2 is 1.20 bits per heavy atom. The second kappa shape index (κ2) is 14.1. The van der Waals surface area contributed by atoms with Gasteiger partial charge in [0.15, 0.2) is 11.9 Å². The Labute approximate surface area is 174 Å². The number of aliphatic imine (C=N–C) groups is 2. The van der Waals surface area contributed by atoms with Crippen molar-refractivity contribution in [3.8, 4) is 0 Å². The van der Waals surface area contributed by atoms with E-state index >= 15 is 0 Å². The highest BCUT2D eigenvalue weighted by molar-refractivity contribution is 5.91. The first kappa shape index (κ1) is 27.0. The van der Waals surface area contributed by atoms with E-state index in [0.29, 0.717) is 19.4 Å². The molecular weight excluding hydrogens is 398 g/mol. The first-order chi connectivity index (χ1) is 14.0. The number of esters is 3. The number of ether oxygens (including phenoxy) is 2. The average molecular weight is 431 g/mol. The van der Waals surface area contributed by atoms with Crippen molar-refractivity contribution in [2.75, 3.05) is 13.1 Å². The highest BCUT2D eigenvalue weighted by Gasteiger charge is 2.30. The topological polar surface area (TPSA) is 277 Å². The number of carbonyl (C=O) groups excluding carboxylic acids is 3. The number of guanidine groups is 2. The molecule has 4 atom stereocenters. The molecule has 0 saturated carbocycles. The van der Waals surface area contributed by atoms with Crippen molar-refractivity contribution in [2.45, 2.75) is 56.8 Å². The summed E-state index contributed by atoms with van der Waals surface area (Å²) in [5, 5.41) is 0. The van der Waals surface area contributed by atoms with Gasteiger partial charge in [-0.3, -0.25) is 14.8 Å².